The van der Waals surface area contributed by atoms with E-state index in [-0.39, 0.29) is 10.9 Å². The van der Waals surface area contributed by atoms with Crippen LogP contribution >= 0.6 is 0 Å². The number of rotatable bonds is 3. The van der Waals surface area contributed by atoms with Gasteiger partial charge in [-0.15, -0.1) is 0 Å². The average molecular weight is 301 g/mol. The fraction of sp³-hybridized carbons (Fsp3) is 0.667. The second-order valence-corrected chi connectivity index (χ2v) is 7.17. The van der Waals surface area contributed by atoms with Gasteiger partial charge >= 0.3 is 5.69 Å². The molecule has 0 amide bonds. The zero-order chi connectivity index (χ0) is 15.1. The van der Waals surface area contributed by atoms with Gasteiger partial charge in [-0.05, 0) is 25.2 Å². The minimum atomic E-state index is -3.90. The Morgan fingerprint density at radius 3 is 2.45 bits per heavy atom. The molecule has 2 atom stereocenters. The lowest BCUT2D eigenvalue weighted by Crippen LogP contribution is -2.43. The van der Waals surface area contributed by atoms with Crippen LogP contribution in [0.2, 0.25) is 0 Å². The molecule has 1 saturated carbocycles. The Hall–Kier alpha value is -1.41. The zero-order valence-electron chi connectivity index (χ0n) is 11.8. The number of nitrogens with zero attached hydrogens (tertiary/aromatic N) is 2. The van der Waals surface area contributed by atoms with Crippen molar-refractivity contribution in [1.82, 2.24) is 13.9 Å². The van der Waals surface area contributed by atoms with E-state index in [0.717, 1.165) is 34.6 Å². The summed E-state index contributed by atoms with van der Waals surface area (Å²) < 4.78 is 29.0. The Labute approximate surface area is 117 Å². The van der Waals surface area contributed by atoms with Crippen LogP contribution in [0.1, 0.15) is 26.2 Å². The fourth-order valence-electron chi connectivity index (χ4n) is 2.56. The van der Waals surface area contributed by atoms with Gasteiger partial charge in [0.2, 0.25) is 10.0 Å². The molecule has 1 aromatic heterocycles. The third-order valence-electron chi connectivity index (χ3n) is 3.72. The monoisotopic (exact) mass is 301 g/mol. The third kappa shape index (κ3) is 2.71. The molecule has 1 aliphatic carbocycles. The Morgan fingerprint density at radius 1 is 1.25 bits per heavy atom. The molecular formula is C12H19N3O4S. The Bertz CT molecular complexity index is 732. The number of hydrogen-bond acceptors (Lipinski definition) is 4. The van der Waals surface area contributed by atoms with Crippen molar-refractivity contribution in [1.29, 1.82) is 0 Å². The van der Waals surface area contributed by atoms with Crippen LogP contribution in [0, 0.1) is 5.92 Å². The molecular weight excluding hydrogens is 282 g/mol. The summed E-state index contributed by atoms with van der Waals surface area (Å²) in [6.07, 6.45) is 3.58. The molecule has 1 fully saturated rings. The smallest absolute Gasteiger partial charge is 0.302 e. The van der Waals surface area contributed by atoms with Crippen LogP contribution < -0.4 is 16.0 Å². The molecule has 20 heavy (non-hydrogen) atoms. The van der Waals surface area contributed by atoms with Crippen molar-refractivity contribution in [2.24, 2.45) is 20.0 Å². The van der Waals surface area contributed by atoms with Gasteiger partial charge in [0.1, 0.15) is 0 Å². The van der Waals surface area contributed by atoms with Crippen LogP contribution in [0.3, 0.4) is 0 Å². The van der Waals surface area contributed by atoms with Crippen molar-refractivity contribution < 1.29 is 8.42 Å². The third-order valence-corrected chi connectivity index (χ3v) is 5.22. The van der Waals surface area contributed by atoms with Gasteiger partial charge in [-0.2, -0.15) is 0 Å². The lowest BCUT2D eigenvalue weighted by atomic mass is 10.1. The topological polar surface area (TPSA) is 90.2 Å². The molecule has 1 aliphatic rings. The van der Waals surface area contributed by atoms with Gasteiger partial charge in [-0.3, -0.25) is 9.36 Å². The number of sulfonamides is 1. The van der Waals surface area contributed by atoms with Crippen molar-refractivity contribution in [3.05, 3.63) is 27.0 Å². The van der Waals surface area contributed by atoms with Gasteiger partial charge in [0.05, 0.1) is 0 Å². The molecule has 1 heterocycles. The van der Waals surface area contributed by atoms with Crippen LogP contribution in [-0.4, -0.2) is 23.6 Å². The summed E-state index contributed by atoms with van der Waals surface area (Å²) in [5.74, 6) is 0.477. The van der Waals surface area contributed by atoms with Gasteiger partial charge in [0.15, 0.2) is 4.90 Å². The van der Waals surface area contributed by atoms with E-state index in [2.05, 4.69) is 11.6 Å². The molecule has 7 nitrogen and oxygen atoms in total. The lowest BCUT2D eigenvalue weighted by Gasteiger charge is -2.13. The minimum Gasteiger partial charge on any atom is -0.302 e. The first-order valence-electron chi connectivity index (χ1n) is 6.51. The summed E-state index contributed by atoms with van der Waals surface area (Å²) in [7, 11) is -1.22. The molecule has 0 saturated heterocycles. The first-order chi connectivity index (χ1) is 9.22. The summed E-state index contributed by atoms with van der Waals surface area (Å²) >= 11 is 0. The Morgan fingerprint density at radius 2 is 1.90 bits per heavy atom. The van der Waals surface area contributed by atoms with E-state index >= 15 is 0 Å². The predicted molar refractivity (Wildman–Crippen MR) is 74.0 cm³/mol. The molecule has 2 unspecified atom stereocenters. The normalized spacial score (nSPS) is 23.1. The van der Waals surface area contributed by atoms with Gasteiger partial charge < -0.3 is 4.57 Å². The highest BCUT2D eigenvalue weighted by Crippen LogP contribution is 2.25. The van der Waals surface area contributed by atoms with Crippen molar-refractivity contribution >= 4 is 10.0 Å². The molecule has 0 bridgehead atoms. The fourth-order valence-corrected chi connectivity index (χ4v) is 4.00. The maximum absolute atomic E-state index is 12.3. The highest BCUT2D eigenvalue weighted by atomic mass is 32.2. The molecule has 112 valence electrons. The number of aryl methyl sites for hydroxylation is 1. The second kappa shape index (κ2) is 5.17. The van der Waals surface area contributed by atoms with Crippen LogP contribution in [-0.2, 0) is 24.1 Å². The molecule has 8 heteroatoms. The lowest BCUT2D eigenvalue weighted by molar-refractivity contribution is 0.533. The van der Waals surface area contributed by atoms with Crippen molar-refractivity contribution in [3.8, 4) is 0 Å². The standard InChI is InChI=1S/C12H19N3O4S/c1-8-4-5-9(6-8)13-20(18,19)10-7-14(2)12(17)15(3)11(10)16/h7-9,13H,4-6H2,1-3H3. The first-order valence-corrected chi connectivity index (χ1v) is 7.99. The largest absolute Gasteiger partial charge is 0.330 e. The molecule has 0 radical (unpaired) electrons. The van der Waals surface area contributed by atoms with Crippen molar-refractivity contribution in [2.75, 3.05) is 0 Å². The molecule has 0 aromatic carbocycles. The number of aromatic nitrogens is 2. The van der Waals surface area contributed by atoms with E-state index in [1.807, 2.05) is 0 Å². The molecule has 2 rings (SSSR count). The van der Waals surface area contributed by atoms with Crippen LogP contribution in [0.5, 0.6) is 0 Å². The van der Waals surface area contributed by atoms with Gasteiger partial charge in [-0.25, -0.2) is 17.9 Å². The Kier molecular flexibility index (Phi) is 3.88. The van der Waals surface area contributed by atoms with Crippen molar-refractivity contribution in [3.63, 3.8) is 0 Å². The van der Waals surface area contributed by atoms with E-state index in [1.54, 1.807) is 0 Å². The van der Waals surface area contributed by atoms with Gasteiger partial charge in [0, 0.05) is 26.3 Å². The zero-order valence-corrected chi connectivity index (χ0v) is 12.6. The van der Waals surface area contributed by atoms with E-state index < -0.39 is 21.3 Å². The first kappa shape index (κ1) is 15.0. The molecule has 0 aliphatic heterocycles. The number of hydrogen-bond donors (Lipinski definition) is 1. The van der Waals surface area contributed by atoms with E-state index in [0.29, 0.717) is 5.92 Å². The minimum absolute atomic E-state index is 0.142. The Balaban J connectivity index is 2.40. The molecule has 1 N–H and O–H groups in total. The molecule has 1 aromatic rings. The van der Waals surface area contributed by atoms with Crippen molar-refractivity contribution in [2.45, 2.75) is 37.1 Å². The number of nitrogens with one attached hydrogen (secondary N) is 1. The average Bonchev–Trinajstić information content (AvgIpc) is 2.75. The van der Waals surface area contributed by atoms with Gasteiger partial charge in [0.25, 0.3) is 5.56 Å². The molecule has 0 spiro atoms. The SMILES string of the molecule is CC1CCC(NS(=O)(=O)c2cn(C)c(=O)n(C)c2=O)C1. The van der Waals surface area contributed by atoms with E-state index in [9.17, 15) is 18.0 Å². The maximum Gasteiger partial charge on any atom is 0.330 e. The summed E-state index contributed by atoms with van der Waals surface area (Å²) in [5, 5.41) is 0. The summed E-state index contributed by atoms with van der Waals surface area (Å²) in [6, 6.07) is -0.142. The van der Waals surface area contributed by atoms with Gasteiger partial charge in [-0.1, -0.05) is 6.92 Å². The van der Waals surface area contributed by atoms with E-state index in [4.69, 9.17) is 0 Å². The highest BCUT2D eigenvalue weighted by Gasteiger charge is 2.28. The van der Waals surface area contributed by atoms with E-state index in [1.165, 1.54) is 14.1 Å². The highest BCUT2D eigenvalue weighted by molar-refractivity contribution is 7.89. The van der Waals surface area contributed by atoms with Crippen LogP contribution in [0.4, 0.5) is 0 Å². The maximum atomic E-state index is 12.3. The van der Waals surface area contributed by atoms with Crippen LogP contribution in [0.15, 0.2) is 20.7 Å². The predicted octanol–water partition coefficient (Wildman–Crippen LogP) is -0.449. The summed E-state index contributed by atoms with van der Waals surface area (Å²) in [4.78, 5) is 23.1. The second-order valence-electron chi connectivity index (χ2n) is 5.49. The quantitative estimate of drug-likeness (QED) is 0.819. The van der Waals surface area contributed by atoms with Crippen LogP contribution in [0.25, 0.3) is 0 Å². The summed E-state index contributed by atoms with van der Waals surface area (Å²) in [6.45, 7) is 2.07. The summed E-state index contributed by atoms with van der Waals surface area (Å²) in [5.41, 5.74) is -1.35.